The fourth-order valence-electron chi connectivity index (χ4n) is 4.35. The number of anilines is 1. The molecule has 1 aromatic heterocycles. The Labute approximate surface area is 181 Å². The van der Waals surface area contributed by atoms with Crippen molar-refractivity contribution in [1.82, 2.24) is 20.1 Å². The fraction of sp³-hybridized carbons (Fsp3) is 0.652. The average molecular weight is 432 g/mol. The molecule has 1 aliphatic heterocycles. The quantitative estimate of drug-likeness (QED) is 0.571. The number of hydrogen-bond acceptors (Lipinski definition) is 4. The molecule has 0 amide bonds. The molecule has 2 N–H and O–H groups in total. The SMILES string of the molecule is Cc1cc2ncnc(N3CCC(CCP(=O)(NC(C)C)NC(C)C)CC3)c2cc1C. The third-order valence-corrected chi connectivity index (χ3v) is 8.68. The van der Waals surface area contributed by atoms with Crippen molar-refractivity contribution in [2.75, 3.05) is 24.2 Å². The first-order valence-electron chi connectivity index (χ1n) is 11.3. The van der Waals surface area contributed by atoms with Crippen molar-refractivity contribution >= 4 is 24.2 Å². The van der Waals surface area contributed by atoms with Gasteiger partial charge in [0.15, 0.2) is 0 Å². The predicted molar refractivity (Wildman–Crippen MR) is 128 cm³/mol. The van der Waals surface area contributed by atoms with Crippen LogP contribution in [0.2, 0.25) is 0 Å². The minimum Gasteiger partial charge on any atom is -0.356 e. The van der Waals surface area contributed by atoms with Gasteiger partial charge in [-0.15, -0.1) is 0 Å². The smallest absolute Gasteiger partial charge is 0.211 e. The molecule has 2 heterocycles. The Morgan fingerprint density at radius 3 is 2.23 bits per heavy atom. The van der Waals surface area contributed by atoms with Crippen LogP contribution in [0.5, 0.6) is 0 Å². The first-order valence-corrected chi connectivity index (χ1v) is 13.2. The number of piperidine rings is 1. The van der Waals surface area contributed by atoms with Gasteiger partial charge in [-0.2, -0.15) is 0 Å². The normalized spacial score (nSPS) is 16.2. The molecule has 0 aliphatic carbocycles. The van der Waals surface area contributed by atoms with Gasteiger partial charge in [0.25, 0.3) is 0 Å². The zero-order valence-electron chi connectivity index (χ0n) is 19.4. The van der Waals surface area contributed by atoms with Gasteiger partial charge in [0.2, 0.25) is 7.44 Å². The van der Waals surface area contributed by atoms with Crippen molar-refractivity contribution in [2.45, 2.75) is 72.9 Å². The zero-order chi connectivity index (χ0) is 21.9. The molecule has 1 aromatic carbocycles. The van der Waals surface area contributed by atoms with E-state index >= 15 is 0 Å². The molecule has 7 heteroatoms. The summed E-state index contributed by atoms with van der Waals surface area (Å²) in [6.45, 7) is 14.5. The van der Waals surface area contributed by atoms with Gasteiger partial charge < -0.3 is 4.90 Å². The standard InChI is InChI=1S/C23H38N5OP/c1-16(2)26-30(29,27-17(3)4)12-9-20-7-10-28(11-8-20)23-21-13-18(5)19(6)14-22(21)24-15-25-23/h13-17,20H,7-12H2,1-6H3,(H2,26,27,29). The van der Waals surface area contributed by atoms with Gasteiger partial charge >= 0.3 is 0 Å². The lowest BCUT2D eigenvalue weighted by Gasteiger charge is -2.34. The number of rotatable bonds is 8. The monoisotopic (exact) mass is 431 g/mol. The van der Waals surface area contributed by atoms with Gasteiger partial charge in [0.1, 0.15) is 12.1 Å². The van der Waals surface area contributed by atoms with Crippen molar-refractivity contribution in [3.05, 3.63) is 29.6 Å². The van der Waals surface area contributed by atoms with Gasteiger partial charge in [-0.3, -0.25) is 14.7 Å². The van der Waals surface area contributed by atoms with Crippen LogP contribution >= 0.6 is 7.44 Å². The summed E-state index contributed by atoms with van der Waals surface area (Å²) in [5.74, 6) is 1.66. The van der Waals surface area contributed by atoms with Crippen molar-refractivity contribution in [1.29, 1.82) is 0 Å². The summed E-state index contributed by atoms with van der Waals surface area (Å²) >= 11 is 0. The number of nitrogens with zero attached hydrogens (tertiary/aromatic N) is 3. The van der Waals surface area contributed by atoms with E-state index in [1.165, 1.54) is 11.1 Å². The summed E-state index contributed by atoms with van der Waals surface area (Å²) in [5.41, 5.74) is 3.56. The van der Waals surface area contributed by atoms with Crippen molar-refractivity contribution in [3.8, 4) is 0 Å². The van der Waals surface area contributed by atoms with Crippen molar-refractivity contribution in [3.63, 3.8) is 0 Å². The molecule has 30 heavy (non-hydrogen) atoms. The average Bonchev–Trinajstić information content (AvgIpc) is 2.66. The second-order valence-corrected chi connectivity index (χ2v) is 11.8. The Kier molecular flexibility index (Phi) is 7.54. The largest absolute Gasteiger partial charge is 0.356 e. The van der Waals surface area contributed by atoms with E-state index in [-0.39, 0.29) is 12.1 Å². The Hall–Kier alpha value is -1.49. The van der Waals surface area contributed by atoms with Gasteiger partial charge in [0, 0.05) is 36.7 Å². The van der Waals surface area contributed by atoms with E-state index in [1.54, 1.807) is 6.33 Å². The van der Waals surface area contributed by atoms with E-state index in [0.717, 1.165) is 49.1 Å². The molecule has 1 aliphatic rings. The maximum absolute atomic E-state index is 13.3. The number of aryl methyl sites for hydroxylation is 2. The molecule has 2 aromatic rings. The van der Waals surface area contributed by atoms with E-state index in [4.69, 9.17) is 0 Å². The minimum atomic E-state index is -2.55. The van der Waals surface area contributed by atoms with Crippen LogP contribution in [0.15, 0.2) is 18.5 Å². The van der Waals surface area contributed by atoms with Crippen LogP contribution in [-0.4, -0.2) is 41.3 Å². The lowest BCUT2D eigenvalue weighted by molar-refractivity contribution is 0.392. The second kappa shape index (κ2) is 9.76. The van der Waals surface area contributed by atoms with Crippen LogP contribution in [0.3, 0.4) is 0 Å². The summed E-state index contributed by atoms with van der Waals surface area (Å²) in [6.07, 6.45) is 5.61. The van der Waals surface area contributed by atoms with Crippen LogP contribution < -0.4 is 15.1 Å². The van der Waals surface area contributed by atoms with Gasteiger partial charge in [-0.25, -0.2) is 9.97 Å². The molecular weight excluding hydrogens is 393 g/mol. The van der Waals surface area contributed by atoms with Gasteiger partial charge in [-0.1, -0.05) is 0 Å². The summed E-state index contributed by atoms with van der Waals surface area (Å²) in [6, 6.07) is 4.80. The van der Waals surface area contributed by atoms with Gasteiger partial charge in [0.05, 0.1) is 5.52 Å². The number of hydrogen-bond donors (Lipinski definition) is 2. The number of aromatic nitrogens is 2. The Morgan fingerprint density at radius 1 is 1.03 bits per heavy atom. The van der Waals surface area contributed by atoms with Crippen LogP contribution in [0.25, 0.3) is 10.9 Å². The molecule has 0 saturated carbocycles. The van der Waals surface area contributed by atoms with E-state index < -0.39 is 7.44 Å². The number of nitrogens with one attached hydrogen (secondary N) is 2. The highest BCUT2D eigenvalue weighted by Gasteiger charge is 2.27. The second-order valence-electron chi connectivity index (χ2n) is 9.40. The first kappa shape index (κ1) is 23.2. The maximum Gasteiger partial charge on any atom is 0.211 e. The summed E-state index contributed by atoms with van der Waals surface area (Å²) in [4.78, 5) is 11.5. The first-order chi connectivity index (χ1) is 14.2. The minimum absolute atomic E-state index is 0.210. The zero-order valence-corrected chi connectivity index (χ0v) is 20.3. The van der Waals surface area contributed by atoms with Crippen molar-refractivity contribution < 1.29 is 4.57 Å². The van der Waals surface area contributed by atoms with Crippen LogP contribution in [0.1, 0.15) is 58.1 Å². The van der Waals surface area contributed by atoms with E-state index in [0.29, 0.717) is 12.1 Å². The third kappa shape index (κ3) is 5.81. The van der Waals surface area contributed by atoms with Crippen LogP contribution in [-0.2, 0) is 4.57 Å². The lowest BCUT2D eigenvalue weighted by atomic mass is 9.94. The summed E-state index contributed by atoms with van der Waals surface area (Å²) < 4.78 is 13.3. The van der Waals surface area contributed by atoms with E-state index in [1.807, 2.05) is 0 Å². The Bertz CT molecular complexity index is 892. The molecule has 0 atom stereocenters. The number of fused-ring (bicyclic) bond motifs is 1. The molecular formula is C23H38N5OP. The predicted octanol–water partition coefficient (Wildman–Crippen LogP) is 5.04. The Morgan fingerprint density at radius 2 is 1.63 bits per heavy atom. The number of benzene rings is 1. The summed E-state index contributed by atoms with van der Waals surface area (Å²) in [5, 5.41) is 7.76. The summed E-state index contributed by atoms with van der Waals surface area (Å²) in [7, 11) is -2.55. The third-order valence-electron chi connectivity index (χ3n) is 5.93. The molecule has 1 saturated heterocycles. The fourth-order valence-corrected chi connectivity index (χ4v) is 7.08. The van der Waals surface area contributed by atoms with E-state index in [2.05, 4.69) is 78.7 Å². The maximum atomic E-state index is 13.3. The molecule has 0 radical (unpaired) electrons. The van der Waals surface area contributed by atoms with Crippen LogP contribution in [0.4, 0.5) is 5.82 Å². The van der Waals surface area contributed by atoms with Crippen LogP contribution in [0, 0.1) is 19.8 Å². The highest BCUT2D eigenvalue weighted by Crippen LogP contribution is 2.40. The lowest BCUT2D eigenvalue weighted by Crippen LogP contribution is -2.36. The molecule has 0 bridgehead atoms. The van der Waals surface area contributed by atoms with Crippen molar-refractivity contribution in [2.24, 2.45) is 5.92 Å². The molecule has 1 fully saturated rings. The van der Waals surface area contributed by atoms with E-state index in [9.17, 15) is 4.57 Å². The topological polar surface area (TPSA) is 70.2 Å². The molecule has 3 rings (SSSR count). The highest BCUT2D eigenvalue weighted by atomic mass is 31.2. The molecule has 166 valence electrons. The molecule has 6 nitrogen and oxygen atoms in total. The molecule has 0 unspecified atom stereocenters. The molecule has 0 spiro atoms. The Balaban J connectivity index is 1.63. The van der Waals surface area contributed by atoms with Gasteiger partial charge in [-0.05, 0) is 90.0 Å². The highest BCUT2D eigenvalue weighted by molar-refractivity contribution is 7.59.